The second-order valence-electron chi connectivity index (χ2n) is 8.81. The molecule has 25 heavy (non-hydrogen) atoms. The first-order valence-electron chi connectivity index (χ1n) is 9.73. The zero-order chi connectivity index (χ0) is 18.2. The number of ether oxygens (including phenoxy) is 2. The third-order valence-corrected chi connectivity index (χ3v) is 7.56. The zero-order valence-corrected chi connectivity index (χ0v) is 16.7. The molecule has 0 amide bonds. The molecular formula is C23H34O2. The molecule has 2 fully saturated rings. The van der Waals surface area contributed by atoms with Crippen LogP contribution in [0.15, 0.2) is 30.4 Å². The first-order chi connectivity index (χ1) is 11.8. The number of hydrogen-bond acceptors (Lipinski definition) is 2. The van der Waals surface area contributed by atoms with Gasteiger partial charge in [-0.25, -0.2) is 0 Å². The monoisotopic (exact) mass is 342 g/mol. The van der Waals surface area contributed by atoms with Crippen LogP contribution in [0.1, 0.15) is 58.4 Å². The van der Waals surface area contributed by atoms with E-state index in [4.69, 9.17) is 9.47 Å². The molecule has 0 heterocycles. The number of benzene rings is 1. The lowest BCUT2D eigenvalue weighted by molar-refractivity contribution is -0.0488. The Morgan fingerprint density at radius 3 is 2.32 bits per heavy atom. The van der Waals surface area contributed by atoms with Crippen LogP contribution in [0.4, 0.5) is 0 Å². The molecule has 0 saturated heterocycles. The SMILES string of the molecule is C=C1CCC[C@H]2[C@](C)(Cc3cc(OC)cc(OC)c3)[C@@H](C)CC[C@]12C. The molecule has 0 unspecified atom stereocenters. The summed E-state index contributed by atoms with van der Waals surface area (Å²) in [6, 6.07) is 6.33. The molecule has 2 aliphatic carbocycles. The molecule has 0 aliphatic heterocycles. The zero-order valence-electron chi connectivity index (χ0n) is 16.7. The third-order valence-electron chi connectivity index (χ3n) is 7.56. The molecule has 0 N–H and O–H groups in total. The summed E-state index contributed by atoms with van der Waals surface area (Å²) >= 11 is 0. The summed E-state index contributed by atoms with van der Waals surface area (Å²) in [6.45, 7) is 11.9. The van der Waals surface area contributed by atoms with Crippen molar-refractivity contribution in [1.82, 2.24) is 0 Å². The van der Waals surface area contributed by atoms with E-state index in [0.717, 1.165) is 17.9 Å². The van der Waals surface area contributed by atoms with Gasteiger partial charge in [-0.2, -0.15) is 0 Å². The standard InChI is InChI=1S/C23H34O2/c1-16-8-7-9-21-22(16,3)11-10-17(2)23(21,4)15-18-12-19(24-5)14-20(13-18)25-6/h12-14,17,21H,1,7-11,15H2,2-6H3/t17-,21+,22+,23+/m0/s1. The van der Waals surface area contributed by atoms with E-state index in [0.29, 0.717) is 17.3 Å². The van der Waals surface area contributed by atoms with E-state index in [1.807, 2.05) is 6.07 Å². The Kier molecular flexibility index (Phi) is 4.92. The van der Waals surface area contributed by atoms with Crippen LogP contribution in [0.25, 0.3) is 0 Å². The fourth-order valence-electron chi connectivity index (χ4n) is 5.67. The van der Waals surface area contributed by atoms with Gasteiger partial charge >= 0.3 is 0 Å². The summed E-state index contributed by atoms with van der Waals surface area (Å²) in [4.78, 5) is 0. The van der Waals surface area contributed by atoms with Gasteiger partial charge in [-0.05, 0) is 78.9 Å². The van der Waals surface area contributed by atoms with Gasteiger partial charge < -0.3 is 9.47 Å². The summed E-state index contributed by atoms with van der Waals surface area (Å²) in [5.74, 6) is 3.20. The van der Waals surface area contributed by atoms with Crippen molar-refractivity contribution in [3.05, 3.63) is 35.9 Å². The van der Waals surface area contributed by atoms with Gasteiger partial charge in [0.15, 0.2) is 0 Å². The van der Waals surface area contributed by atoms with Gasteiger partial charge in [0.1, 0.15) is 11.5 Å². The molecule has 4 atom stereocenters. The average Bonchev–Trinajstić information content (AvgIpc) is 2.60. The van der Waals surface area contributed by atoms with Crippen molar-refractivity contribution < 1.29 is 9.47 Å². The molecule has 0 spiro atoms. The van der Waals surface area contributed by atoms with Crippen molar-refractivity contribution in [2.75, 3.05) is 14.2 Å². The fraction of sp³-hybridized carbons (Fsp3) is 0.652. The first-order valence-corrected chi connectivity index (χ1v) is 9.73. The van der Waals surface area contributed by atoms with E-state index in [1.54, 1.807) is 14.2 Å². The number of rotatable bonds is 4. The molecule has 0 radical (unpaired) electrons. The van der Waals surface area contributed by atoms with Crippen molar-refractivity contribution in [3.63, 3.8) is 0 Å². The van der Waals surface area contributed by atoms with Crippen LogP contribution in [0.2, 0.25) is 0 Å². The summed E-state index contributed by atoms with van der Waals surface area (Å²) in [7, 11) is 3.46. The van der Waals surface area contributed by atoms with Crippen molar-refractivity contribution in [2.24, 2.45) is 22.7 Å². The van der Waals surface area contributed by atoms with Crippen molar-refractivity contribution in [2.45, 2.75) is 59.3 Å². The van der Waals surface area contributed by atoms with E-state index in [1.165, 1.54) is 43.2 Å². The lowest BCUT2D eigenvalue weighted by Crippen LogP contribution is -2.51. The molecule has 1 aromatic rings. The van der Waals surface area contributed by atoms with Crippen LogP contribution >= 0.6 is 0 Å². The Hall–Kier alpha value is -1.44. The second kappa shape index (κ2) is 6.70. The average molecular weight is 343 g/mol. The molecule has 2 aliphatic rings. The molecule has 3 rings (SSSR count). The van der Waals surface area contributed by atoms with Gasteiger partial charge in [0, 0.05) is 6.07 Å². The Balaban J connectivity index is 1.97. The minimum atomic E-state index is 0.285. The minimum absolute atomic E-state index is 0.285. The Morgan fingerprint density at radius 2 is 1.72 bits per heavy atom. The smallest absolute Gasteiger partial charge is 0.122 e. The normalized spacial score (nSPS) is 35.2. The molecule has 1 aromatic carbocycles. The van der Waals surface area contributed by atoms with Crippen LogP contribution in [0.3, 0.4) is 0 Å². The lowest BCUT2D eigenvalue weighted by atomic mass is 9.46. The summed E-state index contributed by atoms with van der Waals surface area (Å²) < 4.78 is 11.0. The highest BCUT2D eigenvalue weighted by Crippen LogP contribution is 2.62. The molecule has 2 saturated carbocycles. The third kappa shape index (κ3) is 3.09. The van der Waals surface area contributed by atoms with Gasteiger partial charge in [-0.1, -0.05) is 32.9 Å². The molecule has 2 heteroatoms. The Bertz CT molecular complexity index is 627. The second-order valence-corrected chi connectivity index (χ2v) is 8.81. The largest absolute Gasteiger partial charge is 0.497 e. The van der Waals surface area contributed by atoms with Crippen LogP contribution in [0, 0.1) is 22.7 Å². The lowest BCUT2D eigenvalue weighted by Gasteiger charge is -2.59. The predicted molar refractivity (Wildman–Crippen MR) is 104 cm³/mol. The van der Waals surface area contributed by atoms with E-state index in [9.17, 15) is 0 Å². The molecule has 2 nitrogen and oxygen atoms in total. The number of hydrogen-bond donors (Lipinski definition) is 0. The van der Waals surface area contributed by atoms with Crippen molar-refractivity contribution >= 4 is 0 Å². The number of allylic oxidation sites excluding steroid dienone is 1. The Labute approximate surface area is 153 Å². The number of methoxy groups -OCH3 is 2. The van der Waals surface area contributed by atoms with E-state index >= 15 is 0 Å². The first kappa shape index (κ1) is 18.4. The van der Waals surface area contributed by atoms with Gasteiger partial charge in [0.05, 0.1) is 14.2 Å². The maximum absolute atomic E-state index is 5.50. The molecule has 0 aromatic heterocycles. The van der Waals surface area contributed by atoms with Crippen LogP contribution in [0.5, 0.6) is 11.5 Å². The van der Waals surface area contributed by atoms with Crippen molar-refractivity contribution in [3.8, 4) is 11.5 Å². The highest BCUT2D eigenvalue weighted by Gasteiger charge is 2.53. The van der Waals surface area contributed by atoms with Gasteiger partial charge in [0.2, 0.25) is 0 Å². The van der Waals surface area contributed by atoms with Crippen molar-refractivity contribution in [1.29, 1.82) is 0 Å². The van der Waals surface area contributed by atoms with E-state index in [-0.39, 0.29) is 5.41 Å². The highest BCUT2D eigenvalue weighted by molar-refractivity contribution is 5.39. The summed E-state index contributed by atoms with van der Waals surface area (Å²) in [5.41, 5.74) is 3.41. The predicted octanol–water partition coefficient (Wildman–Crippen LogP) is 6.05. The number of fused-ring (bicyclic) bond motifs is 1. The summed E-state index contributed by atoms with van der Waals surface area (Å²) in [5, 5.41) is 0. The van der Waals surface area contributed by atoms with Gasteiger partial charge in [0.25, 0.3) is 0 Å². The van der Waals surface area contributed by atoms with Crippen LogP contribution in [-0.4, -0.2) is 14.2 Å². The molecule has 138 valence electrons. The maximum atomic E-state index is 5.50. The maximum Gasteiger partial charge on any atom is 0.122 e. The summed E-state index contributed by atoms with van der Waals surface area (Å²) in [6.07, 6.45) is 7.51. The van der Waals surface area contributed by atoms with Crippen LogP contribution < -0.4 is 9.47 Å². The topological polar surface area (TPSA) is 18.5 Å². The van der Waals surface area contributed by atoms with Gasteiger partial charge in [-0.15, -0.1) is 0 Å². The Morgan fingerprint density at radius 1 is 1.08 bits per heavy atom. The van der Waals surface area contributed by atoms with Gasteiger partial charge in [-0.3, -0.25) is 0 Å². The van der Waals surface area contributed by atoms with Crippen LogP contribution in [-0.2, 0) is 6.42 Å². The highest BCUT2D eigenvalue weighted by atomic mass is 16.5. The fourth-order valence-corrected chi connectivity index (χ4v) is 5.67. The molecular weight excluding hydrogens is 308 g/mol. The minimum Gasteiger partial charge on any atom is -0.497 e. The molecule has 0 bridgehead atoms. The van der Waals surface area contributed by atoms with E-state index in [2.05, 4.69) is 39.5 Å². The quantitative estimate of drug-likeness (QED) is 0.621. The van der Waals surface area contributed by atoms with E-state index < -0.39 is 0 Å².